The quantitative estimate of drug-likeness (QED) is 0.774. The van der Waals surface area contributed by atoms with Crippen molar-refractivity contribution >= 4 is 16.8 Å². The maximum atomic E-state index is 13.0. The van der Waals surface area contributed by atoms with Crippen molar-refractivity contribution < 1.29 is 13.9 Å². The van der Waals surface area contributed by atoms with Gasteiger partial charge in [0, 0.05) is 0 Å². The lowest BCUT2D eigenvalue weighted by atomic mass is 10.1. The van der Waals surface area contributed by atoms with Crippen LogP contribution in [0.4, 0.5) is 4.39 Å². The number of amides is 1. The number of ether oxygens (including phenoxy) is 1. The number of hydrogen-bond donors (Lipinski definition) is 1. The number of para-hydroxylation sites is 1. The minimum Gasteiger partial charge on any atom is -0.467 e. The molecule has 25 heavy (non-hydrogen) atoms. The van der Waals surface area contributed by atoms with Crippen molar-refractivity contribution in [3.63, 3.8) is 0 Å². The van der Waals surface area contributed by atoms with Gasteiger partial charge in [0.05, 0.1) is 16.9 Å². The van der Waals surface area contributed by atoms with E-state index in [4.69, 9.17) is 4.74 Å². The highest BCUT2D eigenvalue weighted by atomic mass is 19.1. The van der Waals surface area contributed by atoms with Crippen LogP contribution in [0.5, 0.6) is 5.88 Å². The van der Waals surface area contributed by atoms with Gasteiger partial charge in [0.2, 0.25) is 5.88 Å². The summed E-state index contributed by atoms with van der Waals surface area (Å²) < 4.78 is 18.6. The van der Waals surface area contributed by atoms with Crippen LogP contribution in [0.15, 0.2) is 48.5 Å². The number of fused-ring (bicyclic) bond motifs is 1. The van der Waals surface area contributed by atoms with Gasteiger partial charge in [-0.2, -0.15) is 4.98 Å². The number of rotatable bonds is 5. The molecule has 1 N–H and O–H groups in total. The lowest BCUT2D eigenvalue weighted by Crippen LogP contribution is -2.31. The average Bonchev–Trinajstić information content (AvgIpc) is 2.60. The number of halogens is 1. The molecule has 1 aromatic heterocycles. The van der Waals surface area contributed by atoms with Gasteiger partial charge in [-0.15, -0.1) is 0 Å². The summed E-state index contributed by atoms with van der Waals surface area (Å²) in [5.41, 5.74) is 1.59. The predicted octanol–water partition coefficient (Wildman–Crippen LogP) is 3.33. The van der Waals surface area contributed by atoms with Crippen molar-refractivity contribution in [1.82, 2.24) is 15.3 Å². The summed E-state index contributed by atoms with van der Waals surface area (Å²) in [6.45, 7) is 3.44. The molecule has 5 nitrogen and oxygen atoms in total. The molecular weight excluding hydrogens is 321 g/mol. The van der Waals surface area contributed by atoms with Gasteiger partial charge in [-0.3, -0.25) is 4.79 Å². The minimum absolute atomic E-state index is 0.161. The molecule has 0 aliphatic rings. The third kappa shape index (κ3) is 4.09. The molecule has 0 aliphatic carbocycles. The maximum Gasteiger partial charge on any atom is 0.258 e. The Balaban J connectivity index is 1.65. The van der Waals surface area contributed by atoms with Crippen molar-refractivity contribution in [3.8, 4) is 5.88 Å². The first-order valence-electron chi connectivity index (χ1n) is 7.94. The first-order valence-corrected chi connectivity index (χ1v) is 7.94. The first-order chi connectivity index (χ1) is 12.0. The van der Waals surface area contributed by atoms with E-state index in [1.165, 1.54) is 12.1 Å². The van der Waals surface area contributed by atoms with E-state index in [1.54, 1.807) is 19.1 Å². The van der Waals surface area contributed by atoms with Crippen molar-refractivity contribution in [2.75, 3.05) is 6.61 Å². The molecule has 1 amide bonds. The Labute approximate surface area is 144 Å². The van der Waals surface area contributed by atoms with E-state index in [2.05, 4.69) is 15.3 Å². The second kappa shape index (κ2) is 7.25. The fraction of sp³-hybridized carbons (Fsp3) is 0.211. The van der Waals surface area contributed by atoms with Crippen LogP contribution in [-0.4, -0.2) is 22.5 Å². The third-order valence-corrected chi connectivity index (χ3v) is 3.77. The maximum absolute atomic E-state index is 13.0. The summed E-state index contributed by atoms with van der Waals surface area (Å²) in [6, 6.07) is 13.2. The van der Waals surface area contributed by atoms with Crippen molar-refractivity contribution in [3.05, 3.63) is 65.7 Å². The van der Waals surface area contributed by atoms with Crippen molar-refractivity contribution in [2.45, 2.75) is 19.9 Å². The van der Waals surface area contributed by atoms with Crippen LogP contribution >= 0.6 is 0 Å². The summed E-state index contributed by atoms with van der Waals surface area (Å²) in [6.07, 6.45) is 0. The molecule has 3 aromatic rings. The van der Waals surface area contributed by atoms with Gasteiger partial charge in [0.1, 0.15) is 11.6 Å². The third-order valence-electron chi connectivity index (χ3n) is 3.77. The number of nitrogens with one attached hydrogen (secondary N) is 1. The Kier molecular flexibility index (Phi) is 4.88. The van der Waals surface area contributed by atoms with E-state index in [-0.39, 0.29) is 24.4 Å². The van der Waals surface area contributed by atoms with Gasteiger partial charge in [-0.05, 0) is 43.7 Å². The molecular formula is C19H18FN3O2. The van der Waals surface area contributed by atoms with E-state index in [0.29, 0.717) is 11.7 Å². The Bertz CT molecular complexity index is 897. The highest BCUT2D eigenvalue weighted by Gasteiger charge is 2.12. The molecule has 6 heteroatoms. The van der Waals surface area contributed by atoms with Crippen LogP contribution in [0.25, 0.3) is 10.9 Å². The normalized spacial score (nSPS) is 12.0. The van der Waals surface area contributed by atoms with E-state index in [0.717, 1.165) is 16.5 Å². The van der Waals surface area contributed by atoms with E-state index in [9.17, 15) is 9.18 Å². The van der Waals surface area contributed by atoms with Crippen LogP contribution in [0.2, 0.25) is 0 Å². The monoisotopic (exact) mass is 339 g/mol. The molecule has 0 spiro atoms. The molecule has 1 heterocycles. The molecule has 128 valence electrons. The number of benzene rings is 2. The summed E-state index contributed by atoms with van der Waals surface area (Å²) in [5.74, 6) is 0.371. The number of aromatic nitrogens is 2. The molecule has 0 bridgehead atoms. The smallest absolute Gasteiger partial charge is 0.258 e. The molecule has 0 radical (unpaired) electrons. The minimum atomic E-state index is -0.309. The van der Waals surface area contributed by atoms with E-state index in [1.807, 2.05) is 31.2 Å². The highest BCUT2D eigenvalue weighted by Crippen LogP contribution is 2.22. The summed E-state index contributed by atoms with van der Waals surface area (Å²) in [4.78, 5) is 20.7. The number of aryl methyl sites for hydroxylation is 1. The van der Waals surface area contributed by atoms with Crippen LogP contribution in [-0.2, 0) is 4.79 Å². The van der Waals surface area contributed by atoms with Gasteiger partial charge in [-0.1, -0.05) is 24.3 Å². The zero-order valence-electron chi connectivity index (χ0n) is 14.0. The second-order valence-corrected chi connectivity index (χ2v) is 5.72. The topological polar surface area (TPSA) is 64.1 Å². The van der Waals surface area contributed by atoms with Gasteiger partial charge >= 0.3 is 0 Å². The van der Waals surface area contributed by atoms with Crippen molar-refractivity contribution in [2.24, 2.45) is 0 Å². The summed E-state index contributed by atoms with van der Waals surface area (Å²) >= 11 is 0. The lowest BCUT2D eigenvalue weighted by Gasteiger charge is -2.15. The van der Waals surface area contributed by atoms with Crippen LogP contribution in [0.3, 0.4) is 0 Å². The van der Waals surface area contributed by atoms with Crippen LogP contribution in [0.1, 0.15) is 24.4 Å². The molecule has 2 aromatic carbocycles. The fourth-order valence-corrected chi connectivity index (χ4v) is 2.52. The van der Waals surface area contributed by atoms with Crippen LogP contribution < -0.4 is 10.1 Å². The summed E-state index contributed by atoms with van der Waals surface area (Å²) in [5, 5.41) is 3.58. The molecule has 0 fully saturated rings. The molecule has 0 aliphatic heterocycles. The van der Waals surface area contributed by atoms with Gasteiger partial charge in [0.25, 0.3) is 5.91 Å². The van der Waals surface area contributed by atoms with Gasteiger partial charge < -0.3 is 10.1 Å². The van der Waals surface area contributed by atoms with Gasteiger partial charge in [-0.25, -0.2) is 9.37 Å². The fourth-order valence-electron chi connectivity index (χ4n) is 2.52. The largest absolute Gasteiger partial charge is 0.467 e. The Hall–Kier alpha value is -3.02. The van der Waals surface area contributed by atoms with E-state index < -0.39 is 0 Å². The molecule has 0 unspecified atom stereocenters. The van der Waals surface area contributed by atoms with Crippen LogP contribution in [0, 0.1) is 12.7 Å². The Morgan fingerprint density at radius 1 is 1.16 bits per heavy atom. The molecule has 0 saturated heterocycles. The molecule has 0 saturated carbocycles. The number of nitrogens with zero attached hydrogens (tertiary/aromatic N) is 2. The Morgan fingerprint density at radius 3 is 2.64 bits per heavy atom. The molecule has 1 atom stereocenters. The zero-order chi connectivity index (χ0) is 17.8. The first kappa shape index (κ1) is 16.8. The number of carbonyl (C=O) groups excluding carboxylic acids is 1. The lowest BCUT2D eigenvalue weighted by molar-refractivity contribution is -0.123. The highest BCUT2D eigenvalue weighted by molar-refractivity contribution is 5.84. The van der Waals surface area contributed by atoms with E-state index >= 15 is 0 Å². The van der Waals surface area contributed by atoms with Gasteiger partial charge in [0.15, 0.2) is 6.61 Å². The predicted molar refractivity (Wildman–Crippen MR) is 92.7 cm³/mol. The number of hydrogen-bond acceptors (Lipinski definition) is 4. The second-order valence-electron chi connectivity index (χ2n) is 5.72. The average molecular weight is 339 g/mol. The molecule has 3 rings (SSSR count). The standard InChI is InChI=1S/C19H18FN3O2/c1-12(14-7-9-15(20)10-8-14)21-18(24)11-25-19-16-5-3-4-6-17(16)22-13(2)23-19/h3-10,12H,11H2,1-2H3,(H,21,24)/t12-/m0/s1. The zero-order valence-corrected chi connectivity index (χ0v) is 14.0. The van der Waals surface area contributed by atoms with Crippen molar-refractivity contribution in [1.29, 1.82) is 0 Å². The SMILES string of the molecule is Cc1nc(OCC(=O)N[C@@H](C)c2ccc(F)cc2)c2ccccc2n1. The Morgan fingerprint density at radius 2 is 1.88 bits per heavy atom. The number of carbonyl (C=O) groups is 1. The summed E-state index contributed by atoms with van der Waals surface area (Å²) in [7, 11) is 0.